The third kappa shape index (κ3) is 9.85. The average Bonchev–Trinajstić information content (AvgIpc) is 2.86. The molecule has 1 heterocycles. The van der Waals surface area contributed by atoms with E-state index in [9.17, 15) is 44.1 Å². The number of aliphatic hydroxyl groups excluding tert-OH is 3. The molecule has 0 aromatic carbocycles. The van der Waals surface area contributed by atoms with Crippen molar-refractivity contribution in [2.24, 2.45) is 11.5 Å². The summed E-state index contributed by atoms with van der Waals surface area (Å²) >= 11 is 0. The molecule has 16 nitrogen and oxygen atoms in total. The number of carbonyl (C=O) groups excluding carboxylic acids is 6. The molecule has 11 N–H and O–H groups in total. The Morgan fingerprint density at radius 2 is 1.76 bits per heavy atom. The van der Waals surface area contributed by atoms with Crippen molar-refractivity contribution in [1.29, 1.82) is 0 Å². The van der Waals surface area contributed by atoms with Crippen LogP contribution in [-0.2, 0) is 28.8 Å². The minimum atomic E-state index is -1.53. The van der Waals surface area contributed by atoms with E-state index in [0.717, 1.165) is 11.9 Å². The summed E-state index contributed by atoms with van der Waals surface area (Å²) in [5, 5.41) is 38.9. The molecule has 1 aliphatic rings. The molecule has 1 saturated heterocycles. The second-order valence-electron chi connectivity index (χ2n) is 9.07. The Bertz CT molecular complexity index is 870. The van der Waals surface area contributed by atoms with Crippen LogP contribution in [0.4, 0.5) is 0 Å². The van der Waals surface area contributed by atoms with Gasteiger partial charge in [-0.25, -0.2) is 0 Å². The Morgan fingerprint density at radius 1 is 1.11 bits per heavy atom. The largest absolute Gasteiger partial charge is 0.394 e. The molecule has 38 heavy (non-hydrogen) atoms. The number of carbonyl (C=O) groups is 6. The molecule has 16 heteroatoms. The predicted molar refractivity (Wildman–Crippen MR) is 131 cm³/mol. The zero-order chi connectivity index (χ0) is 29.0. The predicted octanol–water partition coefficient (Wildman–Crippen LogP) is -5.47. The molecule has 0 aromatic rings. The monoisotopic (exact) mass is 545 g/mol. The average molecular weight is 546 g/mol. The lowest BCUT2D eigenvalue weighted by atomic mass is 10.1. The van der Waals surface area contributed by atoms with Crippen LogP contribution in [0, 0.1) is 0 Å². The first kappa shape index (κ1) is 32.7. The van der Waals surface area contributed by atoms with E-state index in [1.165, 1.54) is 6.92 Å². The highest BCUT2D eigenvalue weighted by Crippen LogP contribution is 2.09. The molecule has 0 radical (unpaired) electrons. The number of aliphatic hydroxyl groups is 3. The summed E-state index contributed by atoms with van der Waals surface area (Å²) in [6, 6.07) is -6.88. The Labute approximate surface area is 219 Å². The maximum absolute atomic E-state index is 13.1. The zero-order valence-corrected chi connectivity index (χ0v) is 21.5. The van der Waals surface area contributed by atoms with E-state index < -0.39 is 79.1 Å². The van der Waals surface area contributed by atoms with E-state index >= 15 is 0 Å². The maximum atomic E-state index is 13.1. The summed E-state index contributed by atoms with van der Waals surface area (Å²) in [7, 11) is 1.16. The number of nitrogens with two attached hydrogens (primary N) is 2. The van der Waals surface area contributed by atoms with Gasteiger partial charge >= 0.3 is 0 Å². The third-order valence-corrected chi connectivity index (χ3v) is 6.07. The van der Waals surface area contributed by atoms with Gasteiger partial charge in [-0.05, 0) is 32.6 Å². The van der Waals surface area contributed by atoms with E-state index in [2.05, 4.69) is 21.3 Å². The fourth-order valence-corrected chi connectivity index (χ4v) is 3.63. The number of rotatable bonds is 6. The fraction of sp³-hybridized carbons (Fsp3) is 0.727. The van der Waals surface area contributed by atoms with Crippen LogP contribution in [0.25, 0.3) is 0 Å². The number of nitrogens with zero attached hydrogens (tertiary/aromatic N) is 1. The molecule has 6 atom stereocenters. The summed E-state index contributed by atoms with van der Waals surface area (Å²) in [5.41, 5.74) is 11.0. The third-order valence-electron chi connectivity index (χ3n) is 6.07. The number of hydrogen-bond donors (Lipinski definition) is 9. The summed E-state index contributed by atoms with van der Waals surface area (Å²) < 4.78 is 0. The van der Waals surface area contributed by atoms with Crippen molar-refractivity contribution >= 4 is 35.4 Å². The van der Waals surface area contributed by atoms with E-state index in [4.69, 9.17) is 11.5 Å². The molecule has 1 rings (SSSR count). The molecule has 216 valence electrons. The molecule has 0 bridgehead atoms. The maximum Gasteiger partial charge on any atom is 0.248 e. The van der Waals surface area contributed by atoms with Gasteiger partial charge in [0.15, 0.2) is 0 Å². The normalized spacial score (nSPS) is 26.6. The number of primary amides is 1. The van der Waals surface area contributed by atoms with Crippen LogP contribution in [0.2, 0.25) is 0 Å². The molecule has 0 spiro atoms. The molecule has 6 amide bonds. The number of amides is 6. The Balaban J connectivity index is 3.25. The van der Waals surface area contributed by atoms with Gasteiger partial charge in [-0.3, -0.25) is 28.8 Å². The van der Waals surface area contributed by atoms with Crippen molar-refractivity contribution < 1.29 is 44.1 Å². The van der Waals surface area contributed by atoms with Crippen LogP contribution >= 0.6 is 0 Å². The van der Waals surface area contributed by atoms with E-state index in [1.54, 1.807) is 0 Å². The molecule has 0 aromatic heterocycles. The van der Waals surface area contributed by atoms with E-state index in [-0.39, 0.29) is 31.7 Å². The van der Waals surface area contributed by atoms with Crippen LogP contribution in [0.3, 0.4) is 0 Å². The molecule has 1 unspecified atom stereocenters. The second-order valence-corrected chi connectivity index (χ2v) is 9.07. The molecule has 0 aliphatic carbocycles. The minimum absolute atomic E-state index is 0.0377. The lowest BCUT2D eigenvalue weighted by Crippen LogP contribution is -2.61. The van der Waals surface area contributed by atoms with Gasteiger partial charge in [0, 0.05) is 20.0 Å². The lowest BCUT2D eigenvalue weighted by Gasteiger charge is -2.32. The lowest BCUT2D eigenvalue weighted by molar-refractivity contribution is -0.146. The molecular weight excluding hydrogens is 506 g/mol. The summed E-state index contributed by atoms with van der Waals surface area (Å²) in [6.45, 7) is -0.189. The first-order valence-electron chi connectivity index (χ1n) is 12.2. The smallest absolute Gasteiger partial charge is 0.248 e. The van der Waals surface area contributed by atoms with Crippen molar-refractivity contribution in [3.63, 3.8) is 0 Å². The molecule has 0 saturated carbocycles. The molecule has 1 aliphatic heterocycles. The van der Waals surface area contributed by atoms with Crippen LogP contribution < -0.4 is 32.7 Å². The van der Waals surface area contributed by atoms with Gasteiger partial charge < -0.3 is 53.0 Å². The molecule has 1 fully saturated rings. The van der Waals surface area contributed by atoms with E-state index in [0.29, 0.717) is 12.8 Å². The van der Waals surface area contributed by atoms with Crippen LogP contribution in [-0.4, -0.2) is 119 Å². The van der Waals surface area contributed by atoms with Gasteiger partial charge in [0.05, 0.1) is 25.4 Å². The topological polar surface area (TPSA) is 267 Å². The zero-order valence-electron chi connectivity index (χ0n) is 21.5. The van der Waals surface area contributed by atoms with E-state index in [1.807, 2.05) is 0 Å². The van der Waals surface area contributed by atoms with Gasteiger partial charge in [0.25, 0.3) is 0 Å². The first-order chi connectivity index (χ1) is 17.8. The van der Waals surface area contributed by atoms with Gasteiger partial charge in [0.2, 0.25) is 35.4 Å². The Kier molecular flexibility index (Phi) is 13.6. The van der Waals surface area contributed by atoms with Gasteiger partial charge in [-0.15, -0.1) is 0 Å². The number of hydrogen-bond acceptors (Lipinski definition) is 10. The van der Waals surface area contributed by atoms with Crippen LogP contribution in [0.5, 0.6) is 0 Å². The van der Waals surface area contributed by atoms with Gasteiger partial charge in [-0.2, -0.15) is 0 Å². The summed E-state index contributed by atoms with van der Waals surface area (Å²) in [6.07, 6.45) is -0.772. The van der Waals surface area contributed by atoms with Crippen LogP contribution in [0.1, 0.15) is 39.0 Å². The van der Waals surface area contributed by atoms with Crippen molar-refractivity contribution in [1.82, 2.24) is 26.2 Å². The highest BCUT2D eigenvalue weighted by atomic mass is 16.3. The highest BCUT2D eigenvalue weighted by molar-refractivity contribution is 5.96. The Hall–Kier alpha value is -3.34. The first-order valence-corrected chi connectivity index (χ1v) is 12.2. The van der Waals surface area contributed by atoms with Crippen LogP contribution in [0.15, 0.2) is 0 Å². The second kappa shape index (κ2) is 15.8. The minimum Gasteiger partial charge on any atom is -0.394 e. The quantitative estimate of drug-likeness (QED) is 0.153. The van der Waals surface area contributed by atoms with Crippen molar-refractivity contribution in [3.8, 4) is 0 Å². The summed E-state index contributed by atoms with van der Waals surface area (Å²) in [5.74, 6) is -4.89. The highest BCUT2D eigenvalue weighted by Gasteiger charge is 2.36. The fourth-order valence-electron chi connectivity index (χ4n) is 3.63. The van der Waals surface area contributed by atoms with Crippen molar-refractivity contribution in [3.05, 3.63) is 0 Å². The van der Waals surface area contributed by atoms with Crippen molar-refractivity contribution in [2.45, 2.75) is 75.3 Å². The SMILES string of the molecule is CC(O)[C@@H]1NC(=O)[C@@H](N)CCC(=O)NCCCC[C@@H](C(=O)N[C@@H](CO)C(N)=O)NC(=O)[C@H](CO)N(C)C1=O. The summed E-state index contributed by atoms with van der Waals surface area (Å²) in [4.78, 5) is 75.7. The van der Waals surface area contributed by atoms with Crippen molar-refractivity contribution in [2.75, 3.05) is 26.8 Å². The standard InChI is InChI=1S/C22H39N7O9/c1-11(32)17-22(38)29(2)15(10-31)21(37)26-13(20(36)27-14(9-30)18(24)34)5-3-4-8-25-16(33)7-6-12(23)19(35)28-17/h11-15,17,30-32H,3-10,23H2,1-2H3,(H2,24,34)(H,25,33)(H,26,37)(H,27,36)(H,28,35)/t11?,12-,13-,14-,15-,17-/m0/s1. The number of likely N-dealkylation sites (N-methyl/N-ethyl adjacent to an activating group) is 1. The van der Waals surface area contributed by atoms with Gasteiger partial charge in [-0.1, -0.05) is 0 Å². The Morgan fingerprint density at radius 3 is 2.32 bits per heavy atom. The van der Waals surface area contributed by atoms with Gasteiger partial charge in [0.1, 0.15) is 24.2 Å². The number of nitrogens with one attached hydrogen (secondary N) is 4. The molecular formula is C22H39N7O9.